The number of fused-ring (bicyclic) bond motifs is 1. The van der Waals surface area contributed by atoms with Crippen molar-refractivity contribution in [3.63, 3.8) is 0 Å². The average Bonchev–Trinajstić information content (AvgIpc) is 2.47. The van der Waals surface area contributed by atoms with Crippen LogP contribution < -0.4 is 0 Å². The van der Waals surface area contributed by atoms with Crippen molar-refractivity contribution in [2.24, 2.45) is 0 Å². The molecule has 0 saturated carbocycles. The number of Topliss-reactive ketones (excluding diaryl/α,β-unsaturated/α-hetero) is 1. The van der Waals surface area contributed by atoms with E-state index in [1.54, 1.807) is 6.07 Å². The Kier molecular flexibility index (Phi) is 1.66. The molecule has 0 fully saturated rings. The minimum absolute atomic E-state index is 0.0967. The Morgan fingerprint density at radius 1 is 1.42 bits per heavy atom. The Hall–Kier alpha value is -1.22. The topological polar surface area (TPSA) is 50.2 Å². The zero-order valence-electron chi connectivity index (χ0n) is 6.58. The van der Waals surface area contributed by atoms with Crippen molar-refractivity contribution >= 4 is 5.78 Å². The van der Waals surface area contributed by atoms with E-state index in [1.807, 2.05) is 6.07 Å². The Balaban J connectivity index is 2.50. The lowest BCUT2D eigenvalue weighted by molar-refractivity contribution is 0.0990. The van der Waals surface area contributed by atoms with Crippen molar-refractivity contribution in [2.45, 2.75) is 19.4 Å². The molecule has 1 aromatic rings. The van der Waals surface area contributed by atoms with E-state index in [-0.39, 0.29) is 12.4 Å². The maximum Gasteiger partial charge on any atom is 0.181 e. The van der Waals surface area contributed by atoms with Crippen molar-refractivity contribution < 1.29 is 9.90 Å². The first-order valence-corrected chi connectivity index (χ1v) is 3.94. The summed E-state index contributed by atoms with van der Waals surface area (Å²) < 4.78 is 0. The van der Waals surface area contributed by atoms with Gasteiger partial charge in [0.1, 0.15) is 5.69 Å². The minimum Gasteiger partial charge on any atom is -0.390 e. The predicted octanol–water partition coefficient (Wildman–Crippen LogP) is 0.703. The van der Waals surface area contributed by atoms with Crippen molar-refractivity contribution in [3.8, 4) is 0 Å². The van der Waals surface area contributed by atoms with Gasteiger partial charge in [0.25, 0.3) is 0 Å². The fourth-order valence-corrected chi connectivity index (χ4v) is 1.43. The van der Waals surface area contributed by atoms with Crippen LogP contribution in [0.3, 0.4) is 0 Å². The van der Waals surface area contributed by atoms with E-state index in [4.69, 9.17) is 5.11 Å². The summed E-state index contributed by atoms with van der Waals surface area (Å²) in [6.07, 6.45) is 1.37. The van der Waals surface area contributed by atoms with Crippen molar-refractivity contribution in [2.75, 3.05) is 0 Å². The number of carbonyl (C=O) groups is 1. The van der Waals surface area contributed by atoms with Crippen molar-refractivity contribution in [3.05, 3.63) is 29.1 Å². The number of carbonyl (C=O) groups excluding carboxylic acids is 1. The van der Waals surface area contributed by atoms with Crippen LogP contribution in [0.15, 0.2) is 12.1 Å². The highest BCUT2D eigenvalue weighted by Gasteiger charge is 2.20. The van der Waals surface area contributed by atoms with Gasteiger partial charge in [-0.1, -0.05) is 6.07 Å². The fraction of sp³-hybridized carbons (Fsp3) is 0.333. The van der Waals surface area contributed by atoms with Crippen LogP contribution in [-0.2, 0) is 13.0 Å². The van der Waals surface area contributed by atoms with E-state index in [0.29, 0.717) is 17.8 Å². The third kappa shape index (κ3) is 1.02. The first kappa shape index (κ1) is 7.43. The molecule has 0 unspecified atom stereocenters. The summed E-state index contributed by atoms with van der Waals surface area (Å²) >= 11 is 0. The maximum absolute atomic E-state index is 11.2. The van der Waals surface area contributed by atoms with Gasteiger partial charge in [-0.25, -0.2) is 4.98 Å². The van der Waals surface area contributed by atoms with E-state index < -0.39 is 0 Å². The Morgan fingerprint density at radius 3 is 3.00 bits per heavy atom. The monoisotopic (exact) mass is 163 g/mol. The molecule has 3 nitrogen and oxygen atoms in total. The molecule has 3 heteroatoms. The number of rotatable bonds is 1. The first-order chi connectivity index (χ1) is 5.81. The van der Waals surface area contributed by atoms with Gasteiger partial charge in [-0.05, 0) is 18.1 Å². The third-order valence-electron chi connectivity index (χ3n) is 2.08. The first-order valence-electron chi connectivity index (χ1n) is 3.94. The second-order valence-electron chi connectivity index (χ2n) is 2.89. The molecule has 0 bridgehead atoms. The summed E-state index contributed by atoms with van der Waals surface area (Å²) in [5, 5.41) is 8.78. The van der Waals surface area contributed by atoms with E-state index in [9.17, 15) is 4.79 Å². The molecule has 0 atom stereocenters. The number of aliphatic hydroxyl groups is 1. The van der Waals surface area contributed by atoms with E-state index >= 15 is 0 Å². The molecule has 0 aliphatic heterocycles. The third-order valence-corrected chi connectivity index (χ3v) is 2.08. The number of nitrogens with zero attached hydrogens (tertiary/aromatic N) is 1. The SMILES string of the molecule is O=C1CCc2ccc(CO)nc21. The van der Waals surface area contributed by atoms with Crippen LogP contribution in [0.5, 0.6) is 0 Å². The molecule has 0 spiro atoms. The average molecular weight is 163 g/mol. The van der Waals surface area contributed by atoms with E-state index in [1.165, 1.54) is 0 Å². The zero-order valence-corrected chi connectivity index (χ0v) is 6.58. The van der Waals surface area contributed by atoms with Gasteiger partial charge in [0.05, 0.1) is 12.3 Å². The van der Waals surface area contributed by atoms with E-state index in [2.05, 4.69) is 4.98 Å². The summed E-state index contributed by atoms with van der Waals surface area (Å²) in [4.78, 5) is 15.2. The largest absolute Gasteiger partial charge is 0.390 e. The summed E-state index contributed by atoms with van der Waals surface area (Å²) in [5.41, 5.74) is 2.14. The molecule has 2 rings (SSSR count). The standard InChI is InChI=1S/C9H9NO2/c11-5-7-3-1-6-2-4-8(12)9(6)10-7/h1,3,11H,2,4-5H2. The quantitative estimate of drug-likeness (QED) is 0.663. The number of ketones is 1. The van der Waals surface area contributed by atoms with Crippen LogP contribution in [0.25, 0.3) is 0 Å². The van der Waals surface area contributed by atoms with E-state index in [0.717, 1.165) is 12.0 Å². The van der Waals surface area contributed by atoms with Gasteiger partial charge < -0.3 is 5.11 Å². The van der Waals surface area contributed by atoms with Crippen LogP contribution in [0.4, 0.5) is 0 Å². The van der Waals surface area contributed by atoms with Gasteiger partial charge in [-0.2, -0.15) is 0 Å². The Bertz CT molecular complexity index is 333. The molecule has 1 heterocycles. The summed E-state index contributed by atoms with van der Waals surface area (Å²) in [6.45, 7) is -0.0967. The lowest BCUT2D eigenvalue weighted by atomic mass is 10.2. The molecule has 62 valence electrons. The Morgan fingerprint density at radius 2 is 2.25 bits per heavy atom. The molecule has 0 aromatic carbocycles. The molecular formula is C9H9NO2. The summed E-state index contributed by atoms with van der Waals surface area (Å²) in [6, 6.07) is 3.64. The highest BCUT2D eigenvalue weighted by molar-refractivity contribution is 5.98. The number of hydrogen-bond donors (Lipinski definition) is 1. The number of pyridine rings is 1. The van der Waals surface area contributed by atoms with Crippen molar-refractivity contribution in [1.82, 2.24) is 4.98 Å². The molecule has 0 amide bonds. The number of aryl methyl sites for hydroxylation is 1. The van der Waals surface area contributed by atoms with Gasteiger partial charge in [-0.15, -0.1) is 0 Å². The number of hydrogen-bond acceptors (Lipinski definition) is 3. The molecule has 1 aliphatic rings. The van der Waals surface area contributed by atoms with Gasteiger partial charge >= 0.3 is 0 Å². The summed E-state index contributed by atoms with van der Waals surface area (Å²) in [7, 11) is 0. The van der Waals surface area contributed by atoms with Crippen LogP contribution in [0, 0.1) is 0 Å². The molecular weight excluding hydrogens is 154 g/mol. The lowest BCUT2D eigenvalue weighted by Crippen LogP contribution is -1.99. The van der Waals surface area contributed by atoms with Gasteiger partial charge in [-0.3, -0.25) is 4.79 Å². The number of aliphatic hydroxyl groups excluding tert-OH is 1. The number of aromatic nitrogens is 1. The zero-order chi connectivity index (χ0) is 8.55. The predicted molar refractivity (Wildman–Crippen MR) is 42.8 cm³/mol. The fourth-order valence-electron chi connectivity index (χ4n) is 1.43. The Labute approximate surface area is 70.1 Å². The van der Waals surface area contributed by atoms with Crippen molar-refractivity contribution in [1.29, 1.82) is 0 Å². The lowest BCUT2D eigenvalue weighted by Gasteiger charge is -1.98. The van der Waals surface area contributed by atoms with Gasteiger partial charge in [0.2, 0.25) is 0 Å². The van der Waals surface area contributed by atoms with Crippen LogP contribution in [0.2, 0.25) is 0 Å². The van der Waals surface area contributed by atoms with Crippen LogP contribution in [0.1, 0.15) is 28.2 Å². The molecule has 12 heavy (non-hydrogen) atoms. The normalized spacial score (nSPS) is 14.9. The summed E-state index contributed by atoms with van der Waals surface area (Å²) in [5.74, 6) is 0.0975. The highest BCUT2D eigenvalue weighted by Crippen LogP contribution is 2.19. The van der Waals surface area contributed by atoms with Gasteiger partial charge in [0, 0.05) is 6.42 Å². The maximum atomic E-state index is 11.2. The highest BCUT2D eigenvalue weighted by atomic mass is 16.3. The smallest absolute Gasteiger partial charge is 0.181 e. The molecule has 1 aromatic heterocycles. The minimum atomic E-state index is -0.0967. The van der Waals surface area contributed by atoms with Gasteiger partial charge in [0.15, 0.2) is 5.78 Å². The second-order valence-corrected chi connectivity index (χ2v) is 2.89. The molecule has 1 aliphatic carbocycles. The van der Waals surface area contributed by atoms with Crippen LogP contribution >= 0.6 is 0 Å². The molecule has 1 N–H and O–H groups in total. The van der Waals surface area contributed by atoms with Crippen LogP contribution in [-0.4, -0.2) is 15.9 Å². The second kappa shape index (κ2) is 2.68. The molecule has 0 radical (unpaired) electrons. The molecule has 0 saturated heterocycles.